The molecule has 0 radical (unpaired) electrons. The van der Waals surface area contributed by atoms with Crippen LogP contribution in [0.3, 0.4) is 0 Å². The van der Waals surface area contributed by atoms with E-state index in [1.807, 2.05) is 5.32 Å². The Hall–Kier alpha value is -0.560. The standard InChI is InChI=1S/C10H16F4N2O.ClH/c1-9(3-2-4-15-5-9)8(17)16-6-10(13,14)7(11)12;/h7,15H,2-6H2,1H3,(H,16,17);1H. The molecule has 3 nitrogen and oxygen atoms in total. The number of nitrogens with one attached hydrogen (secondary N) is 2. The molecule has 1 rings (SSSR count). The molecule has 1 saturated heterocycles. The molecule has 2 N–H and O–H groups in total. The van der Waals surface area contributed by atoms with Crippen molar-refractivity contribution in [2.45, 2.75) is 32.1 Å². The number of carbonyl (C=O) groups is 1. The summed E-state index contributed by atoms with van der Waals surface area (Å²) in [7, 11) is 0. The van der Waals surface area contributed by atoms with Gasteiger partial charge in [-0.25, -0.2) is 8.78 Å². The Kier molecular flexibility index (Phi) is 6.36. The fourth-order valence-electron chi connectivity index (χ4n) is 1.74. The molecule has 0 aliphatic carbocycles. The lowest BCUT2D eigenvalue weighted by Gasteiger charge is -2.33. The molecule has 1 unspecified atom stereocenters. The predicted octanol–water partition coefficient (Wildman–Crippen LogP) is 1.81. The molecule has 1 atom stereocenters. The largest absolute Gasteiger partial charge is 0.349 e. The Balaban J connectivity index is 0.00000289. The zero-order valence-corrected chi connectivity index (χ0v) is 10.8. The molecule has 0 saturated carbocycles. The number of alkyl halides is 4. The molecule has 8 heteroatoms. The number of piperidine rings is 1. The molecule has 1 aliphatic heterocycles. The van der Waals surface area contributed by atoms with E-state index >= 15 is 0 Å². The molecule has 18 heavy (non-hydrogen) atoms. The van der Waals surface area contributed by atoms with Crippen LogP contribution in [0, 0.1) is 5.41 Å². The van der Waals surface area contributed by atoms with Crippen LogP contribution >= 0.6 is 12.4 Å². The van der Waals surface area contributed by atoms with Crippen LogP contribution in [0.2, 0.25) is 0 Å². The molecule has 0 bridgehead atoms. The van der Waals surface area contributed by atoms with Crippen molar-refractivity contribution in [2.24, 2.45) is 5.41 Å². The fraction of sp³-hybridized carbons (Fsp3) is 0.900. The van der Waals surface area contributed by atoms with E-state index in [0.29, 0.717) is 13.0 Å². The van der Waals surface area contributed by atoms with E-state index in [0.717, 1.165) is 13.0 Å². The third kappa shape index (κ3) is 4.28. The molecule has 0 aromatic carbocycles. The van der Waals surface area contributed by atoms with Gasteiger partial charge >= 0.3 is 12.3 Å². The van der Waals surface area contributed by atoms with Gasteiger partial charge in [0.15, 0.2) is 0 Å². The lowest BCUT2D eigenvalue weighted by molar-refractivity contribution is -0.142. The Bertz CT molecular complexity index is 283. The number of hydrogen-bond donors (Lipinski definition) is 2. The van der Waals surface area contributed by atoms with Crippen LogP contribution in [0.25, 0.3) is 0 Å². The smallest absolute Gasteiger partial charge is 0.324 e. The maximum Gasteiger partial charge on any atom is 0.324 e. The lowest BCUT2D eigenvalue weighted by atomic mass is 9.82. The van der Waals surface area contributed by atoms with Gasteiger partial charge in [0.25, 0.3) is 0 Å². The maximum atomic E-state index is 12.6. The molecule has 1 fully saturated rings. The van der Waals surface area contributed by atoms with Gasteiger partial charge in [0.05, 0.1) is 12.0 Å². The molecule has 0 aromatic heterocycles. The van der Waals surface area contributed by atoms with E-state index in [1.165, 1.54) is 0 Å². The van der Waals surface area contributed by atoms with Gasteiger partial charge in [-0.15, -0.1) is 12.4 Å². The highest BCUT2D eigenvalue weighted by atomic mass is 35.5. The van der Waals surface area contributed by atoms with Crippen LogP contribution in [0.5, 0.6) is 0 Å². The number of rotatable bonds is 4. The second kappa shape index (κ2) is 6.56. The minimum absolute atomic E-state index is 0. The van der Waals surface area contributed by atoms with Crippen molar-refractivity contribution in [3.05, 3.63) is 0 Å². The first-order valence-electron chi connectivity index (χ1n) is 5.43. The van der Waals surface area contributed by atoms with Gasteiger partial charge in [-0.1, -0.05) is 0 Å². The molecule has 0 aromatic rings. The lowest BCUT2D eigenvalue weighted by Crippen LogP contribution is -2.51. The summed E-state index contributed by atoms with van der Waals surface area (Å²) >= 11 is 0. The summed E-state index contributed by atoms with van der Waals surface area (Å²) in [5.74, 6) is -4.78. The van der Waals surface area contributed by atoms with Crippen LogP contribution in [0.4, 0.5) is 17.6 Å². The van der Waals surface area contributed by atoms with Gasteiger partial charge in [0.2, 0.25) is 5.91 Å². The zero-order valence-electron chi connectivity index (χ0n) is 9.94. The van der Waals surface area contributed by atoms with Crippen LogP contribution in [0.15, 0.2) is 0 Å². The second-order valence-electron chi connectivity index (χ2n) is 4.59. The Labute approximate surface area is 109 Å². The third-order valence-electron chi connectivity index (χ3n) is 2.95. The van der Waals surface area contributed by atoms with Crippen molar-refractivity contribution < 1.29 is 22.4 Å². The van der Waals surface area contributed by atoms with Crippen molar-refractivity contribution in [3.8, 4) is 0 Å². The third-order valence-corrected chi connectivity index (χ3v) is 2.95. The fourth-order valence-corrected chi connectivity index (χ4v) is 1.74. The van der Waals surface area contributed by atoms with E-state index in [9.17, 15) is 22.4 Å². The summed E-state index contributed by atoms with van der Waals surface area (Å²) in [6.07, 6.45) is -2.44. The van der Waals surface area contributed by atoms with E-state index in [1.54, 1.807) is 6.92 Å². The van der Waals surface area contributed by atoms with E-state index < -0.39 is 30.2 Å². The average molecular weight is 293 g/mol. The molecule has 1 heterocycles. The van der Waals surface area contributed by atoms with Gasteiger partial charge in [-0.3, -0.25) is 4.79 Å². The summed E-state index contributed by atoms with van der Waals surface area (Å²) in [6, 6.07) is 0. The van der Waals surface area contributed by atoms with Crippen molar-refractivity contribution in [2.75, 3.05) is 19.6 Å². The monoisotopic (exact) mass is 292 g/mol. The first kappa shape index (κ1) is 17.4. The summed E-state index contributed by atoms with van der Waals surface area (Å²) in [6.45, 7) is 1.46. The molecule has 108 valence electrons. The Morgan fingerprint density at radius 3 is 2.56 bits per heavy atom. The van der Waals surface area contributed by atoms with Crippen LogP contribution in [-0.2, 0) is 4.79 Å². The first-order valence-corrected chi connectivity index (χ1v) is 5.43. The zero-order chi connectivity index (χ0) is 13.1. The highest BCUT2D eigenvalue weighted by molar-refractivity contribution is 5.85. The second-order valence-corrected chi connectivity index (χ2v) is 4.59. The SMILES string of the molecule is CC1(C(=O)NCC(F)(F)C(F)F)CCCNC1.Cl. The first-order chi connectivity index (χ1) is 7.78. The summed E-state index contributed by atoms with van der Waals surface area (Å²) in [5, 5.41) is 4.89. The maximum absolute atomic E-state index is 12.6. The van der Waals surface area contributed by atoms with E-state index in [-0.39, 0.29) is 12.4 Å². The van der Waals surface area contributed by atoms with Gasteiger partial charge in [-0.05, 0) is 26.3 Å². The van der Waals surface area contributed by atoms with Crippen molar-refractivity contribution in [1.82, 2.24) is 10.6 Å². The highest BCUT2D eigenvalue weighted by Crippen LogP contribution is 2.27. The minimum atomic E-state index is -4.17. The number of hydrogen-bond acceptors (Lipinski definition) is 2. The normalized spacial score (nSPS) is 24.6. The molecule has 1 aliphatic rings. The van der Waals surface area contributed by atoms with Crippen molar-refractivity contribution >= 4 is 18.3 Å². The van der Waals surface area contributed by atoms with Gasteiger partial charge in [0, 0.05) is 6.54 Å². The van der Waals surface area contributed by atoms with Crippen molar-refractivity contribution in [3.63, 3.8) is 0 Å². The Morgan fingerprint density at radius 2 is 2.11 bits per heavy atom. The van der Waals surface area contributed by atoms with Crippen molar-refractivity contribution in [1.29, 1.82) is 0 Å². The van der Waals surface area contributed by atoms with Crippen LogP contribution in [-0.4, -0.2) is 37.9 Å². The van der Waals surface area contributed by atoms with Gasteiger partial charge < -0.3 is 10.6 Å². The van der Waals surface area contributed by atoms with Gasteiger partial charge in [0.1, 0.15) is 0 Å². The molecule has 1 amide bonds. The average Bonchev–Trinajstić information content (AvgIpc) is 2.26. The minimum Gasteiger partial charge on any atom is -0.349 e. The van der Waals surface area contributed by atoms with Crippen LogP contribution < -0.4 is 10.6 Å². The van der Waals surface area contributed by atoms with E-state index in [4.69, 9.17) is 0 Å². The highest BCUT2D eigenvalue weighted by Gasteiger charge is 2.42. The topological polar surface area (TPSA) is 41.1 Å². The number of carbonyl (C=O) groups excluding carboxylic acids is 1. The van der Waals surface area contributed by atoms with E-state index in [2.05, 4.69) is 5.32 Å². The summed E-state index contributed by atoms with van der Waals surface area (Å²) in [5.41, 5.74) is -0.795. The van der Waals surface area contributed by atoms with Crippen LogP contribution in [0.1, 0.15) is 19.8 Å². The summed E-state index contributed by atoms with van der Waals surface area (Å²) < 4.78 is 49.0. The molecular formula is C10H17ClF4N2O. The van der Waals surface area contributed by atoms with Gasteiger partial charge in [-0.2, -0.15) is 8.78 Å². The number of amides is 1. The predicted molar refractivity (Wildman–Crippen MR) is 61.4 cm³/mol. The quantitative estimate of drug-likeness (QED) is 0.776. The molecular weight excluding hydrogens is 276 g/mol. The molecule has 0 spiro atoms. The Morgan fingerprint density at radius 1 is 1.50 bits per heavy atom. The summed E-state index contributed by atoms with van der Waals surface area (Å²) in [4.78, 5) is 11.7. The number of halogens is 5.